The van der Waals surface area contributed by atoms with Crippen molar-refractivity contribution in [1.82, 2.24) is 14.7 Å². The van der Waals surface area contributed by atoms with E-state index in [2.05, 4.69) is 4.90 Å². The molecular weight excluding hydrogens is 447 g/mol. The monoisotopic (exact) mass is 478 g/mol. The van der Waals surface area contributed by atoms with E-state index < -0.39 is 5.54 Å². The average molecular weight is 479 g/mol. The molecule has 8 heteroatoms. The normalized spacial score (nSPS) is 20.0. The minimum atomic E-state index is -0.789. The molecule has 3 amide bonds. The van der Waals surface area contributed by atoms with Gasteiger partial charge in [0.15, 0.2) is 0 Å². The molecule has 7 nitrogen and oxygen atoms in total. The average Bonchev–Trinajstić information content (AvgIpc) is 3.16. The number of para-hydroxylation sites is 1. The molecule has 3 saturated heterocycles. The quantitative estimate of drug-likeness (QED) is 0.678. The zero-order valence-corrected chi connectivity index (χ0v) is 19.9. The summed E-state index contributed by atoms with van der Waals surface area (Å²) < 4.78 is 13.3. The minimum Gasteiger partial charge on any atom is -0.341 e. The summed E-state index contributed by atoms with van der Waals surface area (Å²) in [5.74, 6) is -0.574. The van der Waals surface area contributed by atoms with Crippen LogP contribution in [0.2, 0.25) is 0 Å². The van der Waals surface area contributed by atoms with Gasteiger partial charge in [0, 0.05) is 37.4 Å². The molecule has 0 radical (unpaired) electrons. The van der Waals surface area contributed by atoms with Crippen molar-refractivity contribution in [3.8, 4) is 0 Å². The molecule has 3 fully saturated rings. The number of anilines is 1. The molecule has 3 aliphatic rings. The third kappa shape index (κ3) is 4.49. The van der Waals surface area contributed by atoms with Crippen LogP contribution in [0.4, 0.5) is 10.1 Å². The molecule has 0 aliphatic carbocycles. The third-order valence-electron chi connectivity index (χ3n) is 7.59. The van der Waals surface area contributed by atoms with Crippen molar-refractivity contribution in [3.05, 3.63) is 66.0 Å². The molecule has 35 heavy (non-hydrogen) atoms. The fraction of sp³-hybridized carbons (Fsp3) is 0.444. The van der Waals surface area contributed by atoms with Gasteiger partial charge in [-0.25, -0.2) is 4.39 Å². The van der Waals surface area contributed by atoms with E-state index in [4.69, 9.17) is 0 Å². The van der Waals surface area contributed by atoms with E-state index in [0.29, 0.717) is 38.2 Å². The standard InChI is InChI=1S/C27H31FN4O3/c28-22-11-9-21(10-12-22)25(34)30-17-13-27(14-18-30)26(35)31(19-24(33)29-15-5-2-6-16-29)20-32(27)23-7-3-1-4-8-23/h1,3-4,7-12H,2,5-6,13-20H2. The van der Waals surface area contributed by atoms with Gasteiger partial charge in [-0.2, -0.15) is 0 Å². The van der Waals surface area contributed by atoms with E-state index in [0.717, 1.165) is 38.0 Å². The van der Waals surface area contributed by atoms with Crippen molar-refractivity contribution in [2.75, 3.05) is 44.3 Å². The Kier molecular flexibility index (Phi) is 6.45. The number of benzene rings is 2. The summed E-state index contributed by atoms with van der Waals surface area (Å²) >= 11 is 0. The second-order valence-corrected chi connectivity index (χ2v) is 9.68. The lowest BCUT2D eigenvalue weighted by Crippen LogP contribution is -2.57. The van der Waals surface area contributed by atoms with Crippen LogP contribution in [0.5, 0.6) is 0 Å². The van der Waals surface area contributed by atoms with Crippen LogP contribution >= 0.6 is 0 Å². The highest BCUT2D eigenvalue weighted by atomic mass is 19.1. The smallest absolute Gasteiger partial charge is 0.253 e. The number of hydrogen-bond donors (Lipinski definition) is 0. The summed E-state index contributed by atoms with van der Waals surface area (Å²) in [7, 11) is 0. The van der Waals surface area contributed by atoms with Crippen LogP contribution < -0.4 is 4.90 Å². The van der Waals surface area contributed by atoms with Gasteiger partial charge in [0.1, 0.15) is 17.9 Å². The zero-order chi connectivity index (χ0) is 24.4. The molecule has 0 saturated carbocycles. The minimum absolute atomic E-state index is 0.00651. The topological polar surface area (TPSA) is 64.2 Å². The van der Waals surface area contributed by atoms with Crippen LogP contribution in [0.25, 0.3) is 0 Å². The molecule has 2 aromatic carbocycles. The number of carbonyl (C=O) groups is 3. The first-order valence-corrected chi connectivity index (χ1v) is 12.4. The second kappa shape index (κ2) is 9.68. The van der Waals surface area contributed by atoms with Gasteiger partial charge in [-0.05, 0) is 68.5 Å². The Morgan fingerprint density at radius 3 is 2.14 bits per heavy atom. The number of carbonyl (C=O) groups excluding carboxylic acids is 3. The number of nitrogens with zero attached hydrogens (tertiary/aromatic N) is 4. The first-order chi connectivity index (χ1) is 17.0. The maximum absolute atomic E-state index is 13.8. The molecule has 5 rings (SSSR count). The highest BCUT2D eigenvalue weighted by Crippen LogP contribution is 2.39. The number of rotatable bonds is 4. The molecule has 0 aromatic heterocycles. The molecule has 3 aliphatic heterocycles. The lowest BCUT2D eigenvalue weighted by atomic mass is 9.85. The van der Waals surface area contributed by atoms with Crippen molar-refractivity contribution in [3.63, 3.8) is 0 Å². The molecule has 0 atom stereocenters. The zero-order valence-electron chi connectivity index (χ0n) is 19.9. The van der Waals surface area contributed by atoms with Crippen LogP contribution in [0.15, 0.2) is 54.6 Å². The second-order valence-electron chi connectivity index (χ2n) is 9.68. The van der Waals surface area contributed by atoms with E-state index in [1.807, 2.05) is 35.2 Å². The molecule has 0 bridgehead atoms. The first kappa shape index (κ1) is 23.3. The van der Waals surface area contributed by atoms with Gasteiger partial charge in [0.2, 0.25) is 5.91 Å². The van der Waals surface area contributed by atoms with Gasteiger partial charge in [-0.15, -0.1) is 0 Å². The van der Waals surface area contributed by atoms with E-state index in [9.17, 15) is 18.8 Å². The van der Waals surface area contributed by atoms with Crippen LogP contribution in [0, 0.1) is 5.82 Å². The Balaban J connectivity index is 1.34. The largest absolute Gasteiger partial charge is 0.341 e. The lowest BCUT2D eigenvalue weighted by Gasteiger charge is -2.43. The Bertz CT molecular complexity index is 1080. The number of halogens is 1. The number of hydrogen-bond acceptors (Lipinski definition) is 4. The number of likely N-dealkylation sites (tertiary alicyclic amines) is 2. The van der Waals surface area contributed by atoms with Crippen LogP contribution in [0.1, 0.15) is 42.5 Å². The van der Waals surface area contributed by atoms with Gasteiger partial charge in [0.25, 0.3) is 11.8 Å². The van der Waals surface area contributed by atoms with Gasteiger partial charge in [0.05, 0.1) is 6.67 Å². The van der Waals surface area contributed by atoms with Crippen molar-refractivity contribution < 1.29 is 18.8 Å². The molecule has 2 aromatic rings. The van der Waals surface area contributed by atoms with Crippen molar-refractivity contribution in [2.45, 2.75) is 37.6 Å². The van der Waals surface area contributed by atoms with Gasteiger partial charge >= 0.3 is 0 Å². The van der Waals surface area contributed by atoms with Gasteiger partial charge in [-0.3, -0.25) is 14.4 Å². The van der Waals surface area contributed by atoms with Crippen molar-refractivity contribution >= 4 is 23.4 Å². The predicted molar refractivity (Wildman–Crippen MR) is 130 cm³/mol. The van der Waals surface area contributed by atoms with E-state index in [-0.39, 0.29) is 30.1 Å². The summed E-state index contributed by atoms with van der Waals surface area (Å²) in [5, 5.41) is 0. The third-order valence-corrected chi connectivity index (χ3v) is 7.59. The summed E-state index contributed by atoms with van der Waals surface area (Å²) in [6.45, 7) is 2.79. The molecule has 0 N–H and O–H groups in total. The Morgan fingerprint density at radius 2 is 1.49 bits per heavy atom. The summed E-state index contributed by atoms with van der Waals surface area (Å²) in [5.41, 5.74) is 0.587. The number of amides is 3. The van der Waals surface area contributed by atoms with Gasteiger partial charge in [-0.1, -0.05) is 18.2 Å². The van der Waals surface area contributed by atoms with Crippen molar-refractivity contribution in [1.29, 1.82) is 0 Å². The summed E-state index contributed by atoms with van der Waals surface area (Å²) in [6.07, 6.45) is 4.12. The maximum Gasteiger partial charge on any atom is 0.253 e. The molecule has 184 valence electrons. The fourth-order valence-corrected chi connectivity index (χ4v) is 5.58. The SMILES string of the molecule is O=C(CN1CN(c2ccccc2)C2(CCN(C(=O)c3ccc(F)cc3)CC2)C1=O)N1CCCCC1. The molecule has 1 spiro atoms. The summed E-state index contributed by atoms with van der Waals surface area (Å²) in [6, 6.07) is 15.4. The highest BCUT2D eigenvalue weighted by molar-refractivity contribution is 5.97. The van der Waals surface area contributed by atoms with Crippen LogP contribution in [-0.4, -0.2) is 77.4 Å². The Labute approximate surface area is 205 Å². The van der Waals surface area contributed by atoms with E-state index in [1.165, 1.54) is 24.3 Å². The maximum atomic E-state index is 13.8. The molecule has 0 unspecified atom stereocenters. The lowest BCUT2D eigenvalue weighted by molar-refractivity contribution is -0.141. The fourth-order valence-electron chi connectivity index (χ4n) is 5.58. The Morgan fingerprint density at radius 1 is 0.829 bits per heavy atom. The van der Waals surface area contributed by atoms with Crippen LogP contribution in [0.3, 0.4) is 0 Å². The van der Waals surface area contributed by atoms with Gasteiger partial charge < -0.3 is 19.6 Å². The van der Waals surface area contributed by atoms with E-state index in [1.54, 1.807) is 9.80 Å². The van der Waals surface area contributed by atoms with Crippen LogP contribution in [-0.2, 0) is 9.59 Å². The predicted octanol–water partition coefficient (Wildman–Crippen LogP) is 3.12. The Hall–Kier alpha value is -3.42. The molecular formula is C27H31FN4O3. The first-order valence-electron chi connectivity index (χ1n) is 12.4. The summed E-state index contributed by atoms with van der Waals surface area (Å²) in [4.78, 5) is 47.2. The molecule has 3 heterocycles. The van der Waals surface area contributed by atoms with E-state index >= 15 is 0 Å². The number of piperidine rings is 2. The highest BCUT2D eigenvalue weighted by Gasteiger charge is 2.54. The van der Waals surface area contributed by atoms with Crippen molar-refractivity contribution in [2.24, 2.45) is 0 Å².